The van der Waals surface area contributed by atoms with Gasteiger partial charge in [-0.2, -0.15) is 0 Å². The normalized spacial score (nSPS) is 9.08. The number of methoxy groups -OCH3 is 1. The van der Waals surface area contributed by atoms with E-state index >= 15 is 0 Å². The summed E-state index contributed by atoms with van der Waals surface area (Å²) in [6, 6.07) is 1.82. The topological polar surface area (TPSA) is 22.1 Å². The minimum Gasteiger partial charge on any atom is -0.481 e. The number of hydrogen-bond acceptors (Lipinski definition) is 2. The van der Waals surface area contributed by atoms with E-state index in [1.54, 1.807) is 25.5 Å². The lowest BCUT2D eigenvalue weighted by molar-refractivity contribution is 0.397. The van der Waals surface area contributed by atoms with Gasteiger partial charge in [0.25, 0.3) is 0 Å². The van der Waals surface area contributed by atoms with Crippen LogP contribution in [0.4, 0.5) is 0 Å². The first-order valence-corrected chi connectivity index (χ1v) is 3.60. The molecule has 62 valence electrons. The molecular weight excluding hydrogens is 150 g/mol. The predicted octanol–water partition coefficient (Wildman–Crippen LogP) is 2.38. The molecule has 0 fully saturated rings. The van der Waals surface area contributed by atoms with Crippen molar-refractivity contribution >= 4 is 12.2 Å². The summed E-state index contributed by atoms with van der Waals surface area (Å²) in [5.41, 5.74) is 1.95. The minimum absolute atomic E-state index is 0.593. The molecule has 0 radical (unpaired) electrons. The van der Waals surface area contributed by atoms with Gasteiger partial charge < -0.3 is 4.74 Å². The van der Waals surface area contributed by atoms with Gasteiger partial charge in [0.2, 0.25) is 5.88 Å². The Bertz CT molecular complexity index is 305. The summed E-state index contributed by atoms with van der Waals surface area (Å²) in [5.74, 6) is 0.593. The molecule has 1 heterocycles. The molecule has 0 aliphatic rings. The fourth-order valence-corrected chi connectivity index (χ4v) is 0.920. The Balaban J connectivity index is 3.18. The highest BCUT2D eigenvalue weighted by Crippen LogP contribution is 2.15. The summed E-state index contributed by atoms with van der Waals surface area (Å²) in [7, 11) is 1.59. The van der Waals surface area contributed by atoms with Gasteiger partial charge in [0, 0.05) is 12.3 Å². The zero-order chi connectivity index (χ0) is 8.97. The fraction of sp³-hybridized carbons (Fsp3) is 0.100. The van der Waals surface area contributed by atoms with Crippen LogP contribution >= 0.6 is 0 Å². The van der Waals surface area contributed by atoms with Gasteiger partial charge >= 0.3 is 0 Å². The summed E-state index contributed by atoms with van der Waals surface area (Å²) < 4.78 is 4.96. The number of rotatable bonds is 3. The molecule has 1 rings (SSSR count). The fourth-order valence-electron chi connectivity index (χ4n) is 0.920. The highest BCUT2D eigenvalue weighted by atomic mass is 16.5. The van der Waals surface area contributed by atoms with E-state index in [-0.39, 0.29) is 0 Å². The average molecular weight is 161 g/mol. The van der Waals surface area contributed by atoms with Gasteiger partial charge in [-0.3, -0.25) is 0 Å². The van der Waals surface area contributed by atoms with Crippen LogP contribution in [0.1, 0.15) is 11.1 Å². The summed E-state index contributed by atoms with van der Waals surface area (Å²) in [6.45, 7) is 7.35. The smallest absolute Gasteiger partial charge is 0.213 e. The van der Waals surface area contributed by atoms with Crippen LogP contribution in [0.3, 0.4) is 0 Å². The molecule has 1 aromatic rings. The van der Waals surface area contributed by atoms with Crippen molar-refractivity contribution in [2.45, 2.75) is 0 Å². The molecule has 0 bridgehead atoms. The number of aromatic nitrogens is 1. The highest BCUT2D eigenvalue weighted by Gasteiger charge is 1.98. The van der Waals surface area contributed by atoms with Crippen molar-refractivity contribution in [3.05, 3.63) is 36.5 Å². The molecule has 0 aliphatic heterocycles. The van der Waals surface area contributed by atoms with Crippen molar-refractivity contribution in [1.29, 1.82) is 0 Å². The van der Waals surface area contributed by atoms with Gasteiger partial charge in [-0.15, -0.1) is 0 Å². The lowest BCUT2D eigenvalue weighted by atomic mass is 10.1. The summed E-state index contributed by atoms with van der Waals surface area (Å²) >= 11 is 0. The third kappa shape index (κ3) is 1.53. The second-order valence-corrected chi connectivity index (χ2v) is 2.26. The molecule has 0 saturated heterocycles. The van der Waals surface area contributed by atoms with Crippen molar-refractivity contribution in [2.24, 2.45) is 0 Å². The third-order valence-corrected chi connectivity index (χ3v) is 1.59. The van der Waals surface area contributed by atoms with E-state index in [0.717, 1.165) is 11.1 Å². The Morgan fingerprint density at radius 1 is 1.33 bits per heavy atom. The third-order valence-electron chi connectivity index (χ3n) is 1.59. The molecule has 0 spiro atoms. The van der Waals surface area contributed by atoms with Crippen LogP contribution in [0, 0.1) is 0 Å². The predicted molar refractivity (Wildman–Crippen MR) is 51.0 cm³/mol. The van der Waals surface area contributed by atoms with Gasteiger partial charge in [0.05, 0.1) is 7.11 Å². The van der Waals surface area contributed by atoms with E-state index in [1.807, 2.05) is 6.07 Å². The van der Waals surface area contributed by atoms with Crippen LogP contribution in [0.25, 0.3) is 12.2 Å². The van der Waals surface area contributed by atoms with Crippen molar-refractivity contribution in [3.8, 4) is 5.88 Å². The van der Waals surface area contributed by atoms with E-state index in [0.29, 0.717) is 5.88 Å². The number of pyridine rings is 1. The molecule has 0 saturated carbocycles. The maximum Gasteiger partial charge on any atom is 0.213 e. The monoisotopic (exact) mass is 161 g/mol. The van der Waals surface area contributed by atoms with Crippen molar-refractivity contribution in [1.82, 2.24) is 4.98 Å². The Morgan fingerprint density at radius 3 is 2.50 bits per heavy atom. The first-order valence-electron chi connectivity index (χ1n) is 3.60. The van der Waals surface area contributed by atoms with Crippen LogP contribution in [-0.2, 0) is 0 Å². The van der Waals surface area contributed by atoms with Gasteiger partial charge in [-0.05, 0) is 11.1 Å². The van der Waals surface area contributed by atoms with Crippen LogP contribution in [0.15, 0.2) is 25.4 Å². The maximum absolute atomic E-state index is 4.96. The average Bonchev–Trinajstić information content (AvgIpc) is 2.16. The molecule has 0 aromatic carbocycles. The van der Waals surface area contributed by atoms with Gasteiger partial charge in [0.15, 0.2) is 0 Å². The molecule has 0 aliphatic carbocycles. The lowest BCUT2D eigenvalue weighted by Crippen LogP contribution is -1.89. The zero-order valence-corrected chi connectivity index (χ0v) is 7.08. The molecule has 1 aromatic heterocycles. The van der Waals surface area contributed by atoms with Crippen molar-refractivity contribution in [2.75, 3.05) is 7.11 Å². The van der Waals surface area contributed by atoms with E-state index in [9.17, 15) is 0 Å². The summed E-state index contributed by atoms with van der Waals surface area (Å²) in [4.78, 5) is 4.04. The van der Waals surface area contributed by atoms with Gasteiger partial charge in [0.1, 0.15) is 0 Å². The molecule has 0 N–H and O–H groups in total. The van der Waals surface area contributed by atoms with Crippen LogP contribution in [0.2, 0.25) is 0 Å². The standard InChI is InChI=1S/C10H11NO/c1-4-8-6-10(12-3)11-7-9(8)5-2/h4-7H,1-2H2,3H3. The van der Waals surface area contributed by atoms with E-state index in [4.69, 9.17) is 4.74 Å². The first-order chi connectivity index (χ1) is 5.81. The first kappa shape index (κ1) is 8.53. The molecular formula is C10H11NO. The van der Waals surface area contributed by atoms with Crippen LogP contribution < -0.4 is 4.74 Å². The molecule has 2 nitrogen and oxygen atoms in total. The zero-order valence-electron chi connectivity index (χ0n) is 7.08. The molecule has 12 heavy (non-hydrogen) atoms. The number of hydrogen-bond donors (Lipinski definition) is 0. The molecule has 0 unspecified atom stereocenters. The Kier molecular flexibility index (Phi) is 2.64. The van der Waals surface area contributed by atoms with E-state index in [2.05, 4.69) is 18.1 Å². The second-order valence-electron chi connectivity index (χ2n) is 2.26. The van der Waals surface area contributed by atoms with Gasteiger partial charge in [-0.25, -0.2) is 4.98 Å². The molecule has 0 atom stereocenters. The summed E-state index contributed by atoms with van der Waals surface area (Å²) in [5, 5.41) is 0. The van der Waals surface area contributed by atoms with Crippen molar-refractivity contribution < 1.29 is 4.74 Å². The SMILES string of the molecule is C=Cc1cnc(OC)cc1C=C. The lowest BCUT2D eigenvalue weighted by Gasteiger charge is -2.02. The number of ether oxygens (including phenoxy) is 1. The van der Waals surface area contributed by atoms with Crippen LogP contribution in [-0.4, -0.2) is 12.1 Å². The Morgan fingerprint density at radius 2 is 2.00 bits per heavy atom. The van der Waals surface area contributed by atoms with Crippen molar-refractivity contribution in [3.63, 3.8) is 0 Å². The quantitative estimate of drug-likeness (QED) is 0.679. The highest BCUT2D eigenvalue weighted by molar-refractivity contribution is 5.63. The maximum atomic E-state index is 4.96. The second kappa shape index (κ2) is 3.72. The van der Waals surface area contributed by atoms with Crippen LogP contribution in [0.5, 0.6) is 5.88 Å². The number of nitrogens with zero attached hydrogens (tertiary/aromatic N) is 1. The van der Waals surface area contributed by atoms with E-state index < -0.39 is 0 Å². The Labute approximate surface area is 72.2 Å². The Hall–Kier alpha value is -1.57. The molecule has 0 amide bonds. The largest absolute Gasteiger partial charge is 0.481 e. The van der Waals surface area contributed by atoms with E-state index in [1.165, 1.54) is 0 Å². The summed E-state index contributed by atoms with van der Waals surface area (Å²) in [6.07, 6.45) is 5.20. The van der Waals surface area contributed by atoms with Gasteiger partial charge in [-0.1, -0.05) is 25.3 Å². The molecule has 2 heteroatoms. The minimum atomic E-state index is 0.593.